The number of halogens is 1. The van der Waals surface area contributed by atoms with E-state index in [0.717, 1.165) is 51.9 Å². The van der Waals surface area contributed by atoms with E-state index in [9.17, 15) is 9.59 Å². The first kappa shape index (κ1) is 28.0. The zero-order chi connectivity index (χ0) is 26.4. The number of nitrogen functional groups attached to an aromatic ring is 1. The van der Waals surface area contributed by atoms with E-state index in [1.165, 1.54) is 6.07 Å². The molecule has 0 saturated carbocycles. The third-order valence-corrected chi connectivity index (χ3v) is 8.14. The number of morpholine rings is 1. The molecule has 5 rings (SSSR count). The molecular formula is C27H41ClN4O5. The van der Waals surface area contributed by atoms with Gasteiger partial charge in [-0.25, -0.2) is 0 Å². The smallest absolute Gasteiger partial charge is 0.306 e. The van der Waals surface area contributed by atoms with Crippen LogP contribution in [0.15, 0.2) is 12.1 Å². The Morgan fingerprint density at radius 1 is 1.24 bits per heavy atom. The number of benzene rings is 1. The van der Waals surface area contributed by atoms with Gasteiger partial charge in [0.2, 0.25) is 0 Å². The molecule has 3 unspecified atom stereocenters. The molecular weight excluding hydrogens is 496 g/mol. The summed E-state index contributed by atoms with van der Waals surface area (Å²) in [6.45, 7) is 10.2. The minimum absolute atomic E-state index is 0.0669. The monoisotopic (exact) mass is 536 g/mol. The molecule has 0 spiro atoms. The molecule has 3 atom stereocenters. The topological polar surface area (TPSA) is 106 Å². The van der Waals surface area contributed by atoms with Crippen molar-refractivity contribution in [2.24, 2.45) is 5.92 Å². The maximum absolute atomic E-state index is 12.8. The summed E-state index contributed by atoms with van der Waals surface area (Å²) in [6.07, 6.45) is 4.43. The molecule has 10 heteroatoms. The lowest BCUT2D eigenvalue weighted by Gasteiger charge is -2.43. The van der Waals surface area contributed by atoms with Crippen LogP contribution >= 0.6 is 11.6 Å². The minimum atomic E-state index is -0.277. The zero-order valence-electron chi connectivity index (χ0n) is 22.0. The predicted octanol–water partition coefficient (Wildman–Crippen LogP) is 2.95. The van der Waals surface area contributed by atoms with Crippen LogP contribution in [0.1, 0.15) is 56.3 Å². The van der Waals surface area contributed by atoms with Crippen molar-refractivity contribution in [2.45, 2.75) is 64.2 Å². The van der Waals surface area contributed by atoms with E-state index >= 15 is 0 Å². The highest BCUT2D eigenvalue weighted by molar-refractivity contribution is 6.33. The normalized spacial score (nSPS) is 26.5. The van der Waals surface area contributed by atoms with Gasteiger partial charge in [-0.2, -0.15) is 0 Å². The molecule has 0 radical (unpaired) electrons. The Kier molecular flexibility index (Phi) is 9.92. The van der Waals surface area contributed by atoms with Gasteiger partial charge in [-0.05, 0) is 64.6 Å². The number of carbonyl (C=O) groups excluding carboxylic acids is 2. The summed E-state index contributed by atoms with van der Waals surface area (Å²) in [5, 5.41) is 3.26. The van der Waals surface area contributed by atoms with Crippen LogP contribution in [0.3, 0.4) is 0 Å². The van der Waals surface area contributed by atoms with Crippen LogP contribution < -0.4 is 15.8 Å². The first-order valence-electron chi connectivity index (χ1n) is 13.6. The summed E-state index contributed by atoms with van der Waals surface area (Å²) in [7, 11) is 0. The summed E-state index contributed by atoms with van der Waals surface area (Å²) in [5.41, 5.74) is 6.59. The lowest BCUT2D eigenvalue weighted by atomic mass is 9.86. The number of piperidine rings is 3. The van der Waals surface area contributed by atoms with Crippen molar-refractivity contribution in [1.82, 2.24) is 15.1 Å². The van der Waals surface area contributed by atoms with Crippen molar-refractivity contribution in [2.75, 3.05) is 58.2 Å². The molecule has 9 nitrogen and oxygen atoms in total. The van der Waals surface area contributed by atoms with E-state index < -0.39 is 0 Å². The van der Waals surface area contributed by atoms with Crippen LogP contribution in [0.5, 0.6) is 5.75 Å². The SMILES string of the molecule is CCOc1cc(N)c(Cl)cc1C(=O)NCC1CN(C(C)CCCC(=O)OC2CN3CCC2CC3)CCO1. The van der Waals surface area contributed by atoms with Crippen LogP contribution in [0, 0.1) is 5.92 Å². The number of esters is 1. The molecule has 1 aromatic carbocycles. The number of fused-ring (bicyclic) bond motifs is 3. The summed E-state index contributed by atoms with van der Waals surface area (Å²) in [6, 6.07) is 3.43. The number of rotatable bonds is 11. The third-order valence-electron chi connectivity index (χ3n) is 7.81. The van der Waals surface area contributed by atoms with E-state index in [1.54, 1.807) is 6.07 Å². The Bertz CT molecular complexity index is 940. The van der Waals surface area contributed by atoms with Gasteiger partial charge in [0.05, 0.1) is 35.6 Å². The second kappa shape index (κ2) is 13.1. The maximum Gasteiger partial charge on any atom is 0.306 e. The van der Waals surface area contributed by atoms with E-state index in [0.29, 0.717) is 66.7 Å². The number of carbonyl (C=O) groups is 2. The van der Waals surface area contributed by atoms with Crippen molar-refractivity contribution in [3.8, 4) is 5.75 Å². The summed E-state index contributed by atoms with van der Waals surface area (Å²) < 4.78 is 17.3. The molecule has 2 bridgehead atoms. The van der Waals surface area contributed by atoms with Crippen molar-refractivity contribution < 1.29 is 23.8 Å². The average Bonchev–Trinajstić information content (AvgIpc) is 2.90. The number of nitrogens with two attached hydrogens (primary N) is 1. The van der Waals surface area contributed by atoms with E-state index in [4.69, 9.17) is 31.5 Å². The van der Waals surface area contributed by atoms with Crippen LogP contribution in [0.25, 0.3) is 0 Å². The van der Waals surface area contributed by atoms with Gasteiger partial charge < -0.3 is 25.3 Å². The number of nitrogens with zero attached hydrogens (tertiary/aromatic N) is 2. The fraction of sp³-hybridized carbons (Fsp3) is 0.704. The van der Waals surface area contributed by atoms with Crippen molar-refractivity contribution in [1.29, 1.82) is 0 Å². The second-order valence-electron chi connectivity index (χ2n) is 10.4. The quantitative estimate of drug-likeness (QED) is 0.328. The van der Waals surface area contributed by atoms with Gasteiger partial charge in [-0.15, -0.1) is 0 Å². The van der Waals surface area contributed by atoms with E-state index in [1.807, 2.05) is 6.92 Å². The van der Waals surface area contributed by atoms with Gasteiger partial charge >= 0.3 is 5.97 Å². The molecule has 37 heavy (non-hydrogen) atoms. The van der Waals surface area contributed by atoms with E-state index in [-0.39, 0.29) is 24.1 Å². The van der Waals surface area contributed by atoms with Gasteiger partial charge in [0, 0.05) is 44.7 Å². The number of nitrogens with one attached hydrogen (secondary N) is 1. The molecule has 4 aliphatic heterocycles. The van der Waals surface area contributed by atoms with E-state index in [2.05, 4.69) is 22.0 Å². The van der Waals surface area contributed by atoms with Crippen molar-refractivity contribution >= 4 is 29.2 Å². The first-order chi connectivity index (χ1) is 17.8. The van der Waals surface area contributed by atoms with Gasteiger partial charge in [0.25, 0.3) is 5.91 Å². The summed E-state index contributed by atoms with van der Waals surface area (Å²) in [4.78, 5) is 30.0. The highest BCUT2D eigenvalue weighted by Gasteiger charge is 2.36. The molecule has 4 aliphatic rings. The molecule has 4 heterocycles. The second-order valence-corrected chi connectivity index (χ2v) is 10.8. The third kappa shape index (κ3) is 7.50. The summed E-state index contributed by atoms with van der Waals surface area (Å²) >= 11 is 6.13. The highest BCUT2D eigenvalue weighted by atomic mass is 35.5. The molecule has 4 saturated heterocycles. The number of ether oxygens (including phenoxy) is 3. The number of amides is 1. The number of hydrogen-bond acceptors (Lipinski definition) is 8. The summed E-state index contributed by atoms with van der Waals surface area (Å²) in [5.74, 6) is 0.610. The molecule has 206 valence electrons. The van der Waals surface area contributed by atoms with Crippen LogP contribution in [0.4, 0.5) is 5.69 Å². The Hall–Kier alpha value is -2.07. The molecule has 1 aromatic rings. The van der Waals surface area contributed by atoms with Gasteiger partial charge in [-0.3, -0.25) is 19.4 Å². The molecule has 3 N–H and O–H groups in total. The van der Waals surface area contributed by atoms with Crippen molar-refractivity contribution in [3.63, 3.8) is 0 Å². The number of anilines is 1. The molecule has 0 aliphatic carbocycles. The van der Waals surface area contributed by atoms with Gasteiger partial charge in [0.1, 0.15) is 11.9 Å². The zero-order valence-corrected chi connectivity index (χ0v) is 22.8. The largest absolute Gasteiger partial charge is 0.493 e. The Labute approximate surface area is 224 Å². The van der Waals surface area contributed by atoms with Crippen LogP contribution in [-0.4, -0.2) is 92.4 Å². The van der Waals surface area contributed by atoms with Crippen LogP contribution in [0.2, 0.25) is 5.02 Å². The fourth-order valence-corrected chi connectivity index (χ4v) is 5.75. The predicted molar refractivity (Wildman–Crippen MR) is 143 cm³/mol. The molecule has 4 fully saturated rings. The standard InChI is InChI=1S/C27H41ClN4O5/c1-3-35-24-14-23(29)22(28)13-21(24)27(34)30-15-20-16-32(11-12-36-20)18(2)5-4-6-26(33)37-25-17-31-9-7-19(25)8-10-31/h13-14,18-20,25H,3-12,15-17,29H2,1-2H3,(H,30,34). The maximum atomic E-state index is 12.8. The molecule has 1 amide bonds. The Morgan fingerprint density at radius 3 is 2.73 bits per heavy atom. The number of hydrogen-bond donors (Lipinski definition) is 2. The lowest BCUT2D eigenvalue weighted by Crippen LogP contribution is -2.52. The Balaban J connectivity index is 1.18. The Morgan fingerprint density at radius 2 is 2.03 bits per heavy atom. The first-order valence-corrected chi connectivity index (χ1v) is 14.0. The fourth-order valence-electron chi connectivity index (χ4n) is 5.59. The van der Waals surface area contributed by atoms with Crippen molar-refractivity contribution in [3.05, 3.63) is 22.7 Å². The minimum Gasteiger partial charge on any atom is -0.493 e. The highest BCUT2D eigenvalue weighted by Crippen LogP contribution is 2.30. The van der Waals surface area contributed by atoms with Gasteiger partial charge in [0.15, 0.2) is 0 Å². The average molecular weight is 537 g/mol. The molecule has 0 aromatic heterocycles. The van der Waals surface area contributed by atoms with Gasteiger partial charge in [-0.1, -0.05) is 11.6 Å². The van der Waals surface area contributed by atoms with Crippen LogP contribution in [-0.2, 0) is 14.3 Å². The lowest BCUT2D eigenvalue weighted by molar-refractivity contribution is -0.159.